The average molecular weight is 251 g/mol. The number of amides is 1. The quantitative estimate of drug-likeness (QED) is 0.798. The van der Waals surface area contributed by atoms with Crippen LogP contribution in [-0.2, 0) is 6.42 Å². The smallest absolute Gasteiger partial charge is 0.253 e. The van der Waals surface area contributed by atoms with Crippen LogP contribution in [0.25, 0.3) is 11.4 Å². The second kappa shape index (κ2) is 4.55. The Bertz CT molecular complexity index is 538. The Morgan fingerprint density at radius 3 is 2.94 bits per heavy atom. The van der Waals surface area contributed by atoms with Gasteiger partial charge in [0.15, 0.2) is 0 Å². The van der Waals surface area contributed by atoms with Crippen LogP contribution in [0.2, 0.25) is 0 Å². The third kappa shape index (κ3) is 2.01. The van der Waals surface area contributed by atoms with E-state index in [0.29, 0.717) is 6.54 Å². The molecule has 88 valence electrons. The summed E-state index contributed by atoms with van der Waals surface area (Å²) in [4.78, 5) is 22.8. The molecular weight excluding hydrogens is 240 g/mol. The molecule has 0 spiro atoms. The van der Waals surface area contributed by atoms with Crippen LogP contribution in [0.4, 0.5) is 0 Å². The predicted octanol–water partition coefficient (Wildman–Crippen LogP) is 1.18. The Labute approximate surface area is 104 Å². The van der Waals surface area contributed by atoms with Gasteiger partial charge in [0, 0.05) is 24.9 Å². The molecule has 0 aliphatic carbocycles. The van der Waals surface area contributed by atoms with Gasteiger partial charge in [0.05, 0.1) is 17.0 Å². The van der Waals surface area contributed by atoms with Crippen molar-refractivity contribution in [2.75, 3.05) is 6.54 Å². The lowest BCUT2D eigenvalue weighted by Crippen LogP contribution is -2.31. The maximum atomic E-state index is 11.6. The van der Waals surface area contributed by atoms with E-state index in [1.807, 2.05) is 12.1 Å². The zero-order chi connectivity index (χ0) is 11.0. The highest BCUT2D eigenvalue weighted by atomic mass is 35.5. The summed E-state index contributed by atoms with van der Waals surface area (Å²) in [5, 5.41) is 2.81. The number of rotatable bonds is 1. The molecule has 0 saturated carbocycles. The summed E-state index contributed by atoms with van der Waals surface area (Å²) in [7, 11) is 0. The van der Waals surface area contributed by atoms with Crippen LogP contribution in [0, 0.1) is 0 Å². The molecule has 1 aliphatic heterocycles. The Kier molecular flexibility index (Phi) is 3.10. The number of hydrogen-bond acceptors (Lipinski definition) is 3. The molecule has 0 bridgehead atoms. The van der Waals surface area contributed by atoms with E-state index in [0.717, 1.165) is 29.1 Å². The van der Waals surface area contributed by atoms with E-state index in [9.17, 15) is 4.79 Å². The van der Waals surface area contributed by atoms with Gasteiger partial charge in [-0.3, -0.25) is 4.79 Å². The molecule has 0 saturated heterocycles. The fourth-order valence-corrected chi connectivity index (χ4v) is 1.88. The molecule has 17 heavy (non-hydrogen) atoms. The Morgan fingerprint density at radius 2 is 2.24 bits per heavy atom. The zero-order valence-corrected chi connectivity index (χ0v) is 9.75. The van der Waals surface area contributed by atoms with Gasteiger partial charge in [0.1, 0.15) is 6.33 Å². The molecule has 0 atom stereocenters. The lowest BCUT2D eigenvalue weighted by atomic mass is 10.1. The minimum atomic E-state index is -0.0159. The van der Waals surface area contributed by atoms with Crippen LogP contribution in [0.5, 0.6) is 0 Å². The molecule has 2 N–H and O–H groups in total. The van der Waals surface area contributed by atoms with Gasteiger partial charge in [-0.25, -0.2) is 9.97 Å². The number of H-pyrrole nitrogens is 1. The number of hydrogen-bond donors (Lipinski definition) is 2. The minimum absolute atomic E-state index is 0. The maximum Gasteiger partial charge on any atom is 0.253 e. The highest BCUT2D eigenvalue weighted by Crippen LogP contribution is 2.21. The first-order valence-corrected chi connectivity index (χ1v) is 5.11. The fraction of sp³-hybridized carbons (Fsp3) is 0.182. The molecule has 2 aromatic heterocycles. The molecule has 0 radical (unpaired) electrons. The topological polar surface area (TPSA) is 70.7 Å². The van der Waals surface area contributed by atoms with Crippen molar-refractivity contribution in [2.45, 2.75) is 6.42 Å². The fourth-order valence-electron chi connectivity index (χ4n) is 1.88. The first-order valence-electron chi connectivity index (χ1n) is 5.11. The Hall–Kier alpha value is -1.88. The van der Waals surface area contributed by atoms with E-state index in [4.69, 9.17) is 0 Å². The van der Waals surface area contributed by atoms with Crippen molar-refractivity contribution in [1.82, 2.24) is 20.3 Å². The molecule has 0 unspecified atom stereocenters. The number of carbonyl (C=O) groups is 1. The van der Waals surface area contributed by atoms with Crippen LogP contribution in [0.3, 0.4) is 0 Å². The largest absolute Gasteiger partial charge is 0.356 e. The number of nitrogens with zero attached hydrogens (tertiary/aromatic N) is 2. The zero-order valence-electron chi connectivity index (χ0n) is 8.93. The van der Waals surface area contributed by atoms with E-state index in [1.54, 1.807) is 6.20 Å². The molecule has 3 heterocycles. The first kappa shape index (κ1) is 11.6. The summed E-state index contributed by atoms with van der Waals surface area (Å²) in [6, 6.07) is 3.65. The molecular formula is C11H11ClN4O. The molecule has 5 nitrogen and oxygen atoms in total. The lowest BCUT2D eigenvalue weighted by molar-refractivity contribution is 0.0946. The van der Waals surface area contributed by atoms with Gasteiger partial charge in [-0.15, -0.1) is 12.4 Å². The predicted molar refractivity (Wildman–Crippen MR) is 65.1 cm³/mol. The van der Waals surface area contributed by atoms with Crippen molar-refractivity contribution < 1.29 is 4.79 Å². The normalized spacial score (nSPS) is 13.5. The molecule has 2 aromatic rings. The number of carbonyl (C=O) groups excluding carboxylic acids is 1. The first-order chi connectivity index (χ1) is 7.84. The Balaban J connectivity index is 0.00000108. The maximum absolute atomic E-state index is 11.6. The number of halogens is 1. The van der Waals surface area contributed by atoms with Gasteiger partial charge in [-0.05, 0) is 12.1 Å². The summed E-state index contributed by atoms with van der Waals surface area (Å²) in [6.07, 6.45) is 4.02. The molecule has 0 fully saturated rings. The van der Waals surface area contributed by atoms with Crippen molar-refractivity contribution in [3.8, 4) is 11.4 Å². The summed E-state index contributed by atoms with van der Waals surface area (Å²) in [5.41, 5.74) is 3.37. The van der Waals surface area contributed by atoms with Gasteiger partial charge in [-0.1, -0.05) is 0 Å². The summed E-state index contributed by atoms with van der Waals surface area (Å²) < 4.78 is 0. The van der Waals surface area contributed by atoms with Gasteiger partial charge in [-0.2, -0.15) is 0 Å². The van der Waals surface area contributed by atoms with Gasteiger partial charge < -0.3 is 10.3 Å². The van der Waals surface area contributed by atoms with E-state index in [2.05, 4.69) is 20.3 Å². The van der Waals surface area contributed by atoms with Crippen LogP contribution >= 0.6 is 12.4 Å². The molecule has 1 aliphatic rings. The summed E-state index contributed by atoms with van der Waals surface area (Å²) >= 11 is 0. The van der Waals surface area contributed by atoms with Crippen LogP contribution in [0.15, 0.2) is 24.7 Å². The average Bonchev–Trinajstić information content (AvgIpc) is 2.76. The van der Waals surface area contributed by atoms with Crippen LogP contribution in [0.1, 0.15) is 16.1 Å². The van der Waals surface area contributed by atoms with Gasteiger partial charge >= 0.3 is 0 Å². The van der Waals surface area contributed by atoms with E-state index in [-0.39, 0.29) is 18.3 Å². The van der Waals surface area contributed by atoms with Crippen molar-refractivity contribution in [1.29, 1.82) is 0 Å². The van der Waals surface area contributed by atoms with Crippen LogP contribution < -0.4 is 5.32 Å². The standard InChI is InChI=1S/C11H10N4O.ClH/c16-11-7-5-10(9-1-3-12-6-14-9)15-8(7)2-4-13-11;/h1,3,5-6,15H,2,4H2,(H,13,16);1H. The monoisotopic (exact) mass is 250 g/mol. The highest BCUT2D eigenvalue weighted by molar-refractivity contribution is 5.97. The van der Waals surface area contributed by atoms with E-state index in [1.165, 1.54) is 6.33 Å². The lowest BCUT2D eigenvalue weighted by Gasteiger charge is -2.10. The van der Waals surface area contributed by atoms with Gasteiger partial charge in [0.25, 0.3) is 5.91 Å². The SMILES string of the molecule is Cl.O=C1NCCc2[nH]c(-c3ccncn3)cc21. The Morgan fingerprint density at radius 1 is 1.35 bits per heavy atom. The minimum Gasteiger partial charge on any atom is -0.356 e. The van der Waals surface area contributed by atoms with Crippen molar-refractivity contribution >= 4 is 18.3 Å². The number of aromatic nitrogens is 3. The van der Waals surface area contributed by atoms with Crippen molar-refractivity contribution in [3.05, 3.63) is 35.9 Å². The number of nitrogens with one attached hydrogen (secondary N) is 2. The molecule has 6 heteroatoms. The number of aromatic amines is 1. The van der Waals surface area contributed by atoms with E-state index < -0.39 is 0 Å². The molecule has 3 rings (SSSR count). The van der Waals surface area contributed by atoms with Crippen molar-refractivity contribution in [2.24, 2.45) is 0 Å². The van der Waals surface area contributed by atoms with Crippen molar-refractivity contribution in [3.63, 3.8) is 0 Å². The third-order valence-electron chi connectivity index (χ3n) is 2.66. The highest BCUT2D eigenvalue weighted by Gasteiger charge is 2.19. The summed E-state index contributed by atoms with van der Waals surface area (Å²) in [5.74, 6) is -0.0159. The third-order valence-corrected chi connectivity index (χ3v) is 2.66. The number of fused-ring (bicyclic) bond motifs is 1. The molecule has 1 amide bonds. The van der Waals surface area contributed by atoms with E-state index >= 15 is 0 Å². The van der Waals surface area contributed by atoms with Gasteiger partial charge in [0.2, 0.25) is 0 Å². The second-order valence-corrected chi connectivity index (χ2v) is 3.68. The summed E-state index contributed by atoms with van der Waals surface area (Å²) in [6.45, 7) is 0.690. The molecule has 0 aromatic carbocycles. The second-order valence-electron chi connectivity index (χ2n) is 3.68. The van der Waals surface area contributed by atoms with Crippen LogP contribution in [-0.4, -0.2) is 27.4 Å².